The normalized spacial score (nSPS) is 18.8. The maximum atomic E-state index is 12.5. The van der Waals surface area contributed by atoms with Crippen LogP contribution in [0.4, 0.5) is 5.82 Å². The summed E-state index contributed by atoms with van der Waals surface area (Å²) in [5.74, 6) is 1.02. The highest BCUT2D eigenvalue weighted by molar-refractivity contribution is 7.89. The van der Waals surface area contributed by atoms with Gasteiger partial charge in [0, 0.05) is 26.3 Å². The molecule has 18 heavy (non-hydrogen) atoms. The number of nitrogens with zero attached hydrogens (tertiary/aromatic N) is 2. The third-order valence-corrected chi connectivity index (χ3v) is 5.30. The van der Waals surface area contributed by atoms with Crippen LogP contribution in [0.25, 0.3) is 0 Å². The fraction of sp³-hybridized carbons (Fsp3) is 0.583. The number of piperidine rings is 1. The number of pyridine rings is 1. The van der Waals surface area contributed by atoms with Gasteiger partial charge in [-0.15, -0.1) is 0 Å². The molecule has 1 saturated heterocycles. The molecular weight excluding hydrogens is 250 g/mol. The van der Waals surface area contributed by atoms with Gasteiger partial charge in [-0.05, 0) is 30.9 Å². The minimum Gasteiger partial charge on any atom is -0.372 e. The fourth-order valence-corrected chi connectivity index (χ4v) is 3.77. The number of nitrogens with one attached hydrogen (secondary N) is 1. The summed E-state index contributed by atoms with van der Waals surface area (Å²) in [4.78, 5) is 4.32. The van der Waals surface area contributed by atoms with Crippen LogP contribution in [0.5, 0.6) is 0 Å². The van der Waals surface area contributed by atoms with Crippen LogP contribution in [0, 0.1) is 5.92 Å². The Balaban J connectivity index is 2.30. The van der Waals surface area contributed by atoms with Crippen molar-refractivity contribution in [2.24, 2.45) is 5.92 Å². The highest BCUT2D eigenvalue weighted by Crippen LogP contribution is 2.26. The first-order valence-electron chi connectivity index (χ1n) is 6.18. The maximum absolute atomic E-state index is 12.5. The van der Waals surface area contributed by atoms with Gasteiger partial charge >= 0.3 is 0 Å². The Morgan fingerprint density at radius 1 is 1.39 bits per heavy atom. The molecule has 100 valence electrons. The highest BCUT2D eigenvalue weighted by atomic mass is 32.2. The van der Waals surface area contributed by atoms with Gasteiger partial charge in [0.05, 0.1) is 0 Å². The van der Waals surface area contributed by atoms with E-state index in [1.807, 2.05) is 0 Å². The predicted molar refractivity (Wildman–Crippen MR) is 70.9 cm³/mol. The zero-order valence-electron chi connectivity index (χ0n) is 10.8. The molecule has 1 N–H and O–H groups in total. The van der Waals surface area contributed by atoms with Crippen LogP contribution in [-0.2, 0) is 10.0 Å². The zero-order valence-corrected chi connectivity index (χ0v) is 11.6. The minimum atomic E-state index is -3.42. The molecule has 1 aliphatic heterocycles. The molecule has 1 aromatic rings. The molecule has 1 aromatic heterocycles. The molecule has 0 saturated carbocycles. The summed E-state index contributed by atoms with van der Waals surface area (Å²) in [5.41, 5.74) is 0. The van der Waals surface area contributed by atoms with E-state index in [1.165, 1.54) is 0 Å². The smallest absolute Gasteiger partial charge is 0.246 e. The van der Waals surface area contributed by atoms with E-state index in [1.54, 1.807) is 29.7 Å². The lowest BCUT2D eigenvalue weighted by atomic mass is 10.0. The number of aromatic nitrogens is 1. The van der Waals surface area contributed by atoms with Crippen LogP contribution < -0.4 is 5.32 Å². The summed E-state index contributed by atoms with van der Waals surface area (Å²) < 4.78 is 26.6. The average Bonchev–Trinajstić information content (AvgIpc) is 2.39. The molecule has 2 heterocycles. The Labute approximate surface area is 108 Å². The molecule has 0 radical (unpaired) electrons. The standard InChI is InChI=1S/C12H19N3O2S/c1-10-5-8-15(9-6-10)18(16,17)11-4-3-7-14-12(11)13-2/h3-4,7,10H,5-6,8-9H2,1-2H3,(H,13,14). The number of hydrogen-bond donors (Lipinski definition) is 1. The molecular formula is C12H19N3O2S. The van der Waals surface area contributed by atoms with Crippen LogP contribution in [0.15, 0.2) is 23.2 Å². The molecule has 0 bridgehead atoms. The van der Waals surface area contributed by atoms with E-state index in [-0.39, 0.29) is 4.90 Å². The minimum absolute atomic E-state index is 0.266. The van der Waals surface area contributed by atoms with Gasteiger partial charge in [-0.25, -0.2) is 13.4 Å². The van der Waals surface area contributed by atoms with Gasteiger partial charge in [-0.3, -0.25) is 0 Å². The van der Waals surface area contributed by atoms with E-state index in [0.717, 1.165) is 12.8 Å². The van der Waals surface area contributed by atoms with Crippen molar-refractivity contribution in [2.75, 3.05) is 25.5 Å². The SMILES string of the molecule is CNc1ncccc1S(=O)(=O)N1CCC(C)CC1. The topological polar surface area (TPSA) is 62.3 Å². The Morgan fingerprint density at radius 3 is 2.67 bits per heavy atom. The molecule has 1 fully saturated rings. The van der Waals surface area contributed by atoms with Crippen molar-refractivity contribution in [3.05, 3.63) is 18.3 Å². The van der Waals surface area contributed by atoms with E-state index in [2.05, 4.69) is 17.2 Å². The van der Waals surface area contributed by atoms with E-state index in [0.29, 0.717) is 24.8 Å². The van der Waals surface area contributed by atoms with Gasteiger partial charge in [0.1, 0.15) is 10.7 Å². The summed E-state index contributed by atoms with van der Waals surface area (Å²) in [6.45, 7) is 3.36. The first kappa shape index (κ1) is 13.3. The van der Waals surface area contributed by atoms with E-state index < -0.39 is 10.0 Å². The summed E-state index contributed by atoms with van der Waals surface area (Å²) >= 11 is 0. The number of anilines is 1. The second-order valence-electron chi connectivity index (χ2n) is 4.69. The Kier molecular flexibility index (Phi) is 3.87. The number of hydrogen-bond acceptors (Lipinski definition) is 4. The number of sulfonamides is 1. The summed E-state index contributed by atoms with van der Waals surface area (Å²) in [6.07, 6.45) is 3.44. The first-order chi connectivity index (χ1) is 8.55. The lowest BCUT2D eigenvalue weighted by molar-refractivity contribution is 0.288. The molecule has 2 rings (SSSR count). The quantitative estimate of drug-likeness (QED) is 0.904. The van der Waals surface area contributed by atoms with Crippen LogP contribution in [0.1, 0.15) is 19.8 Å². The second-order valence-corrected chi connectivity index (χ2v) is 6.59. The lowest BCUT2D eigenvalue weighted by Crippen LogP contribution is -2.38. The van der Waals surface area contributed by atoms with Crippen LogP contribution >= 0.6 is 0 Å². The molecule has 6 heteroatoms. The van der Waals surface area contributed by atoms with Crippen molar-refractivity contribution in [1.29, 1.82) is 0 Å². The van der Waals surface area contributed by atoms with E-state index in [9.17, 15) is 8.42 Å². The van der Waals surface area contributed by atoms with Gasteiger partial charge in [-0.2, -0.15) is 4.31 Å². The predicted octanol–water partition coefficient (Wildman–Crippen LogP) is 1.54. The summed E-state index contributed by atoms with van der Waals surface area (Å²) in [5, 5.41) is 2.83. The van der Waals surface area contributed by atoms with Crippen molar-refractivity contribution in [1.82, 2.24) is 9.29 Å². The monoisotopic (exact) mass is 269 g/mol. The third-order valence-electron chi connectivity index (χ3n) is 3.37. The number of rotatable bonds is 3. The van der Waals surface area contributed by atoms with Gasteiger partial charge in [0.2, 0.25) is 10.0 Å². The van der Waals surface area contributed by atoms with Gasteiger partial charge < -0.3 is 5.32 Å². The van der Waals surface area contributed by atoms with E-state index in [4.69, 9.17) is 0 Å². The Bertz CT molecular complexity index is 508. The molecule has 0 atom stereocenters. The third kappa shape index (κ3) is 2.49. The average molecular weight is 269 g/mol. The zero-order chi connectivity index (χ0) is 13.2. The van der Waals surface area contributed by atoms with Crippen molar-refractivity contribution in [3.8, 4) is 0 Å². The molecule has 0 unspecified atom stereocenters. The maximum Gasteiger partial charge on any atom is 0.246 e. The van der Waals surface area contributed by atoms with Crippen molar-refractivity contribution in [3.63, 3.8) is 0 Å². The Hall–Kier alpha value is -1.14. The molecule has 1 aliphatic rings. The van der Waals surface area contributed by atoms with Crippen LogP contribution in [0.3, 0.4) is 0 Å². The molecule has 5 nitrogen and oxygen atoms in total. The van der Waals surface area contributed by atoms with Crippen LogP contribution in [-0.4, -0.2) is 37.8 Å². The summed E-state index contributed by atoms with van der Waals surface area (Å²) in [6, 6.07) is 3.26. The van der Waals surface area contributed by atoms with Crippen LogP contribution in [0.2, 0.25) is 0 Å². The van der Waals surface area contributed by atoms with Gasteiger partial charge in [-0.1, -0.05) is 6.92 Å². The van der Waals surface area contributed by atoms with Crippen molar-refractivity contribution in [2.45, 2.75) is 24.7 Å². The second kappa shape index (κ2) is 5.24. The summed E-state index contributed by atoms with van der Waals surface area (Å²) in [7, 11) is -1.74. The molecule has 0 spiro atoms. The first-order valence-corrected chi connectivity index (χ1v) is 7.62. The van der Waals surface area contributed by atoms with Gasteiger partial charge in [0.15, 0.2) is 0 Å². The molecule has 0 aliphatic carbocycles. The lowest BCUT2D eigenvalue weighted by Gasteiger charge is -2.29. The van der Waals surface area contributed by atoms with Crippen molar-refractivity contribution < 1.29 is 8.42 Å². The Morgan fingerprint density at radius 2 is 2.06 bits per heavy atom. The molecule has 0 amide bonds. The van der Waals surface area contributed by atoms with Crippen molar-refractivity contribution >= 4 is 15.8 Å². The fourth-order valence-electron chi connectivity index (χ4n) is 2.15. The highest BCUT2D eigenvalue weighted by Gasteiger charge is 2.30. The van der Waals surface area contributed by atoms with E-state index >= 15 is 0 Å². The van der Waals surface area contributed by atoms with Gasteiger partial charge in [0.25, 0.3) is 0 Å². The largest absolute Gasteiger partial charge is 0.372 e. The molecule has 0 aromatic carbocycles.